The fourth-order valence-electron chi connectivity index (χ4n) is 2.37. The second-order valence-electron chi connectivity index (χ2n) is 7.10. The number of hydrogen-bond donors (Lipinski definition) is 1. The summed E-state index contributed by atoms with van der Waals surface area (Å²) in [7, 11) is -1.21. The van der Waals surface area contributed by atoms with Crippen molar-refractivity contribution in [3.8, 4) is 0 Å². The number of Topliss-reactive ketones (excluding diaryl/α,β-unsaturated/α-hetero) is 1. The lowest BCUT2D eigenvalue weighted by Crippen LogP contribution is -2.39. The molecule has 0 amide bonds. The van der Waals surface area contributed by atoms with Crippen LogP contribution in [0.4, 0.5) is 0 Å². The summed E-state index contributed by atoms with van der Waals surface area (Å²) in [6.07, 6.45) is 3.72. The number of rotatable bonds is 9. The van der Waals surface area contributed by atoms with Crippen LogP contribution in [0.2, 0.25) is 0 Å². The van der Waals surface area contributed by atoms with Crippen molar-refractivity contribution in [1.29, 1.82) is 0 Å². The molecule has 3 nitrogen and oxygen atoms in total. The van der Waals surface area contributed by atoms with Crippen molar-refractivity contribution < 1.29 is 9.00 Å². The molecule has 0 aliphatic heterocycles. The van der Waals surface area contributed by atoms with Crippen molar-refractivity contribution in [2.75, 3.05) is 0 Å². The van der Waals surface area contributed by atoms with E-state index in [1.807, 2.05) is 58.0 Å². The molecule has 0 fully saturated rings. The van der Waals surface area contributed by atoms with Gasteiger partial charge in [-0.25, -0.2) is 8.93 Å². The zero-order valence-corrected chi connectivity index (χ0v) is 15.9. The molecule has 1 unspecified atom stereocenters. The minimum absolute atomic E-state index is 0.194. The number of ketones is 1. The van der Waals surface area contributed by atoms with Gasteiger partial charge in [0.15, 0.2) is 0 Å². The Morgan fingerprint density at radius 1 is 1.17 bits per heavy atom. The SMILES string of the molecule is CCCCCC(=O)[C@@H](C)[C@@H](NS(=O)C(C)(C)C)c1ccccc1. The molecule has 3 atom stereocenters. The van der Waals surface area contributed by atoms with Gasteiger partial charge in [0.05, 0.1) is 21.8 Å². The maximum Gasteiger partial charge on any atom is 0.137 e. The lowest BCUT2D eigenvalue weighted by Gasteiger charge is -2.28. The first-order valence-electron chi connectivity index (χ1n) is 8.53. The smallest absolute Gasteiger partial charge is 0.137 e. The van der Waals surface area contributed by atoms with Gasteiger partial charge in [-0.05, 0) is 32.8 Å². The molecule has 23 heavy (non-hydrogen) atoms. The fourth-order valence-corrected chi connectivity index (χ4v) is 3.30. The van der Waals surface area contributed by atoms with Gasteiger partial charge in [-0.15, -0.1) is 0 Å². The topological polar surface area (TPSA) is 46.2 Å². The Bertz CT molecular complexity index is 508. The van der Waals surface area contributed by atoms with Crippen molar-refractivity contribution in [1.82, 2.24) is 4.72 Å². The first kappa shape index (κ1) is 20.0. The molecule has 0 aliphatic rings. The van der Waals surface area contributed by atoms with E-state index in [0.717, 1.165) is 24.8 Å². The van der Waals surface area contributed by atoms with Crippen molar-refractivity contribution in [3.05, 3.63) is 35.9 Å². The van der Waals surface area contributed by atoms with Gasteiger partial charge in [-0.3, -0.25) is 4.79 Å². The molecule has 0 aromatic heterocycles. The minimum Gasteiger partial charge on any atom is -0.299 e. The zero-order valence-electron chi connectivity index (χ0n) is 15.1. The Morgan fingerprint density at radius 3 is 2.30 bits per heavy atom. The maximum atomic E-state index is 12.5. The van der Waals surface area contributed by atoms with E-state index in [0.29, 0.717) is 6.42 Å². The predicted octanol–water partition coefficient (Wildman–Crippen LogP) is 4.57. The summed E-state index contributed by atoms with van der Waals surface area (Å²) in [4.78, 5) is 12.5. The summed E-state index contributed by atoms with van der Waals surface area (Å²) in [5.74, 6) is 0.0475. The second-order valence-corrected chi connectivity index (χ2v) is 9.10. The van der Waals surface area contributed by atoms with E-state index in [2.05, 4.69) is 11.6 Å². The van der Waals surface area contributed by atoms with Gasteiger partial charge >= 0.3 is 0 Å². The highest BCUT2D eigenvalue weighted by molar-refractivity contribution is 7.84. The molecule has 0 heterocycles. The largest absolute Gasteiger partial charge is 0.299 e. The summed E-state index contributed by atoms with van der Waals surface area (Å²) in [5.41, 5.74) is 1.02. The van der Waals surface area contributed by atoms with Crippen LogP contribution >= 0.6 is 0 Å². The number of carbonyl (C=O) groups is 1. The lowest BCUT2D eigenvalue weighted by atomic mass is 9.89. The van der Waals surface area contributed by atoms with E-state index in [4.69, 9.17) is 0 Å². The van der Waals surface area contributed by atoms with Crippen LogP contribution in [0.5, 0.6) is 0 Å². The van der Waals surface area contributed by atoms with Crippen LogP contribution in [-0.2, 0) is 15.8 Å². The van der Waals surface area contributed by atoms with E-state index in [-0.39, 0.29) is 22.5 Å². The van der Waals surface area contributed by atoms with Gasteiger partial charge in [-0.1, -0.05) is 57.0 Å². The highest BCUT2D eigenvalue weighted by Gasteiger charge is 2.29. The van der Waals surface area contributed by atoms with E-state index in [9.17, 15) is 9.00 Å². The Kier molecular flexibility index (Phi) is 8.13. The number of hydrogen-bond acceptors (Lipinski definition) is 2. The van der Waals surface area contributed by atoms with Gasteiger partial charge in [0, 0.05) is 12.3 Å². The van der Waals surface area contributed by atoms with Gasteiger partial charge in [0.2, 0.25) is 0 Å². The highest BCUT2D eigenvalue weighted by Crippen LogP contribution is 2.26. The molecule has 1 rings (SSSR count). The number of nitrogens with one attached hydrogen (secondary N) is 1. The molecule has 0 bridgehead atoms. The third-order valence-corrected chi connectivity index (χ3v) is 5.56. The molecular weight excluding hydrogens is 306 g/mol. The summed E-state index contributed by atoms with van der Waals surface area (Å²) in [5, 5.41) is 0. The number of benzene rings is 1. The summed E-state index contributed by atoms with van der Waals surface area (Å²) in [6, 6.07) is 9.64. The summed E-state index contributed by atoms with van der Waals surface area (Å²) < 4.78 is 15.4. The lowest BCUT2D eigenvalue weighted by molar-refractivity contribution is -0.123. The molecule has 1 aromatic rings. The molecule has 1 N–H and O–H groups in total. The Morgan fingerprint density at radius 2 is 1.78 bits per heavy atom. The normalized spacial score (nSPS) is 15.9. The van der Waals surface area contributed by atoms with Crippen molar-refractivity contribution >= 4 is 16.8 Å². The quantitative estimate of drug-likeness (QED) is 0.671. The third kappa shape index (κ3) is 6.56. The van der Waals surface area contributed by atoms with E-state index in [1.165, 1.54) is 0 Å². The molecule has 1 aromatic carbocycles. The molecule has 130 valence electrons. The van der Waals surface area contributed by atoms with Crippen molar-refractivity contribution in [3.63, 3.8) is 0 Å². The van der Waals surface area contributed by atoms with Crippen LogP contribution in [0.1, 0.15) is 71.9 Å². The van der Waals surface area contributed by atoms with Crippen LogP contribution in [0, 0.1) is 5.92 Å². The second kappa shape index (κ2) is 9.33. The first-order valence-corrected chi connectivity index (χ1v) is 9.68. The van der Waals surface area contributed by atoms with Gasteiger partial charge in [-0.2, -0.15) is 0 Å². The summed E-state index contributed by atoms with van der Waals surface area (Å²) >= 11 is 0. The zero-order chi connectivity index (χ0) is 17.5. The predicted molar refractivity (Wildman–Crippen MR) is 98.5 cm³/mol. The number of unbranched alkanes of at least 4 members (excludes halogenated alkanes) is 2. The van der Waals surface area contributed by atoms with Gasteiger partial charge in [0.25, 0.3) is 0 Å². The Labute approximate surface area is 143 Å². The van der Waals surface area contributed by atoms with E-state index in [1.54, 1.807) is 0 Å². The van der Waals surface area contributed by atoms with Crippen LogP contribution in [0.3, 0.4) is 0 Å². The molecule has 0 saturated carbocycles. The van der Waals surface area contributed by atoms with Crippen molar-refractivity contribution in [2.24, 2.45) is 5.92 Å². The molecule has 0 spiro atoms. The first-order chi connectivity index (χ1) is 10.8. The molecular formula is C19H31NO2S. The Balaban J connectivity index is 2.91. The average molecular weight is 338 g/mol. The van der Waals surface area contributed by atoms with Gasteiger partial charge < -0.3 is 0 Å². The van der Waals surface area contributed by atoms with Gasteiger partial charge in [0.1, 0.15) is 5.78 Å². The van der Waals surface area contributed by atoms with Crippen LogP contribution in [-0.4, -0.2) is 14.7 Å². The fraction of sp³-hybridized carbons (Fsp3) is 0.632. The standard InChI is InChI=1S/C19H31NO2S/c1-6-7-9-14-17(21)15(2)18(16-12-10-8-11-13-16)20-23(22)19(3,4)5/h8,10-13,15,18,20H,6-7,9,14H2,1-5H3/t15-,18-,23?/m1/s1. The molecule has 4 heteroatoms. The monoisotopic (exact) mass is 337 g/mol. The number of carbonyl (C=O) groups excluding carboxylic acids is 1. The van der Waals surface area contributed by atoms with Crippen LogP contribution < -0.4 is 4.72 Å². The third-order valence-electron chi connectivity index (χ3n) is 3.98. The minimum atomic E-state index is -1.21. The van der Waals surface area contributed by atoms with Crippen molar-refractivity contribution in [2.45, 2.75) is 71.1 Å². The Hall–Kier alpha value is -1.00. The molecule has 0 radical (unpaired) electrons. The van der Waals surface area contributed by atoms with E-state index >= 15 is 0 Å². The highest BCUT2D eigenvalue weighted by atomic mass is 32.2. The average Bonchev–Trinajstić information content (AvgIpc) is 2.51. The molecule has 0 saturated heterocycles. The van der Waals surface area contributed by atoms with Crippen LogP contribution in [0.25, 0.3) is 0 Å². The van der Waals surface area contributed by atoms with Crippen LogP contribution in [0.15, 0.2) is 30.3 Å². The maximum absolute atomic E-state index is 12.5. The summed E-state index contributed by atoms with van der Waals surface area (Å²) in [6.45, 7) is 9.89. The molecule has 0 aliphatic carbocycles. The van der Waals surface area contributed by atoms with E-state index < -0.39 is 11.0 Å².